The maximum Gasteiger partial charge on any atom is 0.287 e. The van der Waals surface area contributed by atoms with Crippen LogP contribution >= 0.6 is 11.3 Å². The quantitative estimate of drug-likeness (QED) is 0.145. The van der Waals surface area contributed by atoms with Gasteiger partial charge in [-0.1, -0.05) is 77.6 Å². The SMILES string of the molecule is C=C(CO)C1C(CCOC)c2c(cc(C(C)(C)C)c3ccccc23)-c2cc(-c3cc4ccc(CC(C)C)cc4s3)nc[n+]21. The summed E-state index contributed by atoms with van der Waals surface area (Å²) in [6, 6.07) is 22.5. The molecule has 43 heavy (non-hydrogen) atoms. The molecule has 3 aromatic carbocycles. The van der Waals surface area contributed by atoms with Crippen molar-refractivity contribution in [3.63, 3.8) is 0 Å². The molecule has 3 heterocycles. The summed E-state index contributed by atoms with van der Waals surface area (Å²) in [7, 11) is 1.76. The zero-order chi connectivity index (χ0) is 30.5. The lowest BCUT2D eigenvalue weighted by molar-refractivity contribution is -0.712. The second-order valence-corrected chi connectivity index (χ2v) is 14.6. The van der Waals surface area contributed by atoms with Crippen LogP contribution in [0.4, 0.5) is 0 Å². The van der Waals surface area contributed by atoms with Crippen LogP contribution in [0.3, 0.4) is 0 Å². The zero-order valence-corrected chi connectivity index (χ0v) is 27.1. The number of aliphatic hydroxyl groups excluding tert-OH is 1. The lowest BCUT2D eigenvalue weighted by Crippen LogP contribution is -2.49. The van der Waals surface area contributed by atoms with Crippen molar-refractivity contribution in [2.24, 2.45) is 5.92 Å². The maximum absolute atomic E-state index is 10.4. The Morgan fingerprint density at radius 1 is 1.07 bits per heavy atom. The van der Waals surface area contributed by atoms with Gasteiger partial charge in [0.15, 0.2) is 5.69 Å². The summed E-state index contributed by atoms with van der Waals surface area (Å²) in [5.74, 6) is 0.710. The van der Waals surface area contributed by atoms with E-state index in [4.69, 9.17) is 9.72 Å². The van der Waals surface area contributed by atoms with E-state index in [0.717, 1.165) is 34.7 Å². The lowest BCUT2D eigenvalue weighted by Gasteiger charge is -2.36. The first-order valence-corrected chi connectivity index (χ1v) is 16.2. The summed E-state index contributed by atoms with van der Waals surface area (Å²) in [5, 5.41) is 14.2. The third-order valence-electron chi connectivity index (χ3n) is 8.83. The second-order valence-electron chi connectivity index (χ2n) is 13.5. The molecule has 6 rings (SSSR count). The van der Waals surface area contributed by atoms with Gasteiger partial charge in [0.1, 0.15) is 11.7 Å². The summed E-state index contributed by atoms with van der Waals surface area (Å²) >= 11 is 1.81. The number of nitrogens with zero attached hydrogens (tertiary/aromatic N) is 2. The smallest absolute Gasteiger partial charge is 0.287 e. The van der Waals surface area contributed by atoms with Gasteiger partial charge in [0.05, 0.1) is 11.5 Å². The van der Waals surface area contributed by atoms with Crippen LogP contribution < -0.4 is 4.57 Å². The lowest BCUT2D eigenvalue weighted by atomic mass is 9.73. The summed E-state index contributed by atoms with van der Waals surface area (Å²) in [5.41, 5.74) is 8.09. The molecule has 2 aromatic heterocycles. The van der Waals surface area contributed by atoms with E-state index in [1.165, 1.54) is 43.1 Å². The Labute approximate surface area is 259 Å². The molecule has 1 N–H and O–H groups in total. The number of hydrogen-bond donors (Lipinski definition) is 1. The molecule has 0 amide bonds. The van der Waals surface area contributed by atoms with Crippen LogP contribution in [0, 0.1) is 5.92 Å². The molecule has 5 aromatic rings. The van der Waals surface area contributed by atoms with Crippen LogP contribution in [-0.2, 0) is 16.6 Å². The average molecular weight is 592 g/mol. The van der Waals surface area contributed by atoms with Gasteiger partial charge < -0.3 is 9.84 Å². The predicted octanol–water partition coefficient (Wildman–Crippen LogP) is 8.79. The number of methoxy groups -OCH3 is 1. The van der Waals surface area contributed by atoms with Crippen molar-refractivity contribution < 1.29 is 14.4 Å². The van der Waals surface area contributed by atoms with Gasteiger partial charge in [-0.15, -0.1) is 11.3 Å². The Morgan fingerprint density at radius 3 is 2.53 bits per heavy atom. The molecule has 1 aliphatic heterocycles. The van der Waals surface area contributed by atoms with E-state index < -0.39 is 0 Å². The van der Waals surface area contributed by atoms with Gasteiger partial charge in [-0.2, -0.15) is 0 Å². The number of thiophene rings is 1. The summed E-state index contributed by atoms with van der Waals surface area (Å²) in [6.45, 7) is 16.3. The first-order valence-electron chi connectivity index (χ1n) is 15.4. The van der Waals surface area contributed by atoms with E-state index in [9.17, 15) is 5.11 Å². The summed E-state index contributed by atoms with van der Waals surface area (Å²) in [6.07, 6.45) is 3.87. The zero-order valence-electron chi connectivity index (χ0n) is 26.3. The van der Waals surface area contributed by atoms with Crippen molar-refractivity contribution in [3.8, 4) is 21.8 Å². The Morgan fingerprint density at radius 2 is 1.84 bits per heavy atom. The minimum Gasteiger partial charge on any atom is -0.392 e. The number of ether oxygens (including phenoxy) is 1. The van der Waals surface area contributed by atoms with E-state index in [1.54, 1.807) is 7.11 Å². The average Bonchev–Trinajstić information content (AvgIpc) is 3.41. The minimum absolute atomic E-state index is 0.0396. The molecule has 5 heteroatoms. The first kappa shape index (κ1) is 29.7. The maximum atomic E-state index is 10.4. The molecule has 0 saturated heterocycles. The Bertz CT molecular complexity index is 1830. The molecule has 0 saturated carbocycles. The van der Waals surface area contributed by atoms with Gasteiger partial charge in [-0.25, -0.2) is 4.57 Å². The monoisotopic (exact) mass is 591 g/mol. The van der Waals surface area contributed by atoms with E-state index in [0.29, 0.717) is 12.5 Å². The van der Waals surface area contributed by atoms with Gasteiger partial charge in [0, 0.05) is 36.0 Å². The van der Waals surface area contributed by atoms with Crippen LogP contribution in [0.5, 0.6) is 0 Å². The van der Waals surface area contributed by atoms with Gasteiger partial charge in [0.25, 0.3) is 6.33 Å². The molecular weight excluding hydrogens is 548 g/mol. The Kier molecular flexibility index (Phi) is 8.01. The largest absolute Gasteiger partial charge is 0.392 e. The number of rotatable bonds is 8. The number of benzene rings is 3. The molecule has 0 aliphatic carbocycles. The van der Waals surface area contributed by atoms with E-state index in [2.05, 4.69) is 106 Å². The molecule has 0 bridgehead atoms. The highest BCUT2D eigenvalue weighted by atomic mass is 32.1. The molecule has 1 aliphatic rings. The first-order chi connectivity index (χ1) is 20.6. The fourth-order valence-electron chi connectivity index (χ4n) is 6.90. The van der Waals surface area contributed by atoms with Crippen molar-refractivity contribution in [1.29, 1.82) is 0 Å². The molecule has 0 radical (unpaired) electrons. The van der Waals surface area contributed by atoms with Crippen LogP contribution in [0.15, 0.2) is 79.1 Å². The third kappa shape index (κ3) is 5.43. The van der Waals surface area contributed by atoms with Crippen molar-refractivity contribution in [1.82, 2.24) is 4.98 Å². The molecule has 0 spiro atoms. The number of hydrogen-bond acceptors (Lipinski definition) is 4. The molecule has 0 fully saturated rings. The van der Waals surface area contributed by atoms with E-state index in [-0.39, 0.29) is 24.0 Å². The summed E-state index contributed by atoms with van der Waals surface area (Å²) < 4.78 is 9.17. The Hall–Kier alpha value is -3.38. The normalized spacial score (nSPS) is 16.6. The van der Waals surface area contributed by atoms with Crippen LogP contribution in [0.1, 0.15) is 69.7 Å². The highest BCUT2D eigenvalue weighted by Gasteiger charge is 2.41. The Balaban J connectivity index is 1.60. The molecular formula is C38H43N2O2S+. The van der Waals surface area contributed by atoms with Crippen molar-refractivity contribution in [3.05, 3.63) is 95.8 Å². The van der Waals surface area contributed by atoms with Crippen LogP contribution in [-0.4, -0.2) is 30.4 Å². The van der Waals surface area contributed by atoms with Crippen LogP contribution in [0.2, 0.25) is 0 Å². The number of aliphatic hydroxyl groups is 1. The molecule has 222 valence electrons. The topological polar surface area (TPSA) is 46.2 Å². The molecule has 2 unspecified atom stereocenters. The minimum atomic E-state index is -0.130. The van der Waals surface area contributed by atoms with Gasteiger partial charge in [0.2, 0.25) is 0 Å². The highest BCUT2D eigenvalue weighted by molar-refractivity contribution is 7.22. The second kappa shape index (κ2) is 11.6. The molecule has 2 atom stereocenters. The number of aromatic nitrogens is 2. The van der Waals surface area contributed by atoms with Crippen molar-refractivity contribution in [2.75, 3.05) is 20.3 Å². The highest BCUT2D eigenvalue weighted by Crippen LogP contribution is 2.48. The standard InChI is InChI=1S/C38H43N2O2S/c1-23(2)16-25-12-13-26-18-35(43-34(26)17-25)32-20-33-30-19-31(38(4,5)6)27-10-8-9-11-28(27)36(30)29(14-15-42-7)37(24(3)21-41)40(33)22-39-32/h8-13,17-20,22-23,29,37,41H,3,14-16,21H2,1-2,4-7H3/q+1. The van der Waals surface area contributed by atoms with E-state index >= 15 is 0 Å². The van der Waals surface area contributed by atoms with Crippen molar-refractivity contribution >= 4 is 32.2 Å². The van der Waals surface area contributed by atoms with Gasteiger partial charge in [-0.3, -0.25) is 0 Å². The molecule has 4 nitrogen and oxygen atoms in total. The van der Waals surface area contributed by atoms with Crippen molar-refractivity contribution in [2.45, 2.75) is 64.8 Å². The van der Waals surface area contributed by atoms with Gasteiger partial charge >= 0.3 is 0 Å². The predicted molar refractivity (Wildman–Crippen MR) is 180 cm³/mol. The fourth-order valence-corrected chi connectivity index (χ4v) is 8.00. The van der Waals surface area contributed by atoms with Gasteiger partial charge in [-0.05, 0) is 85.8 Å². The summed E-state index contributed by atoms with van der Waals surface area (Å²) in [4.78, 5) is 6.20. The van der Waals surface area contributed by atoms with Crippen LogP contribution in [0.25, 0.3) is 42.7 Å². The third-order valence-corrected chi connectivity index (χ3v) is 9.95. The fraction of sp³-hybridized carbons (Fsp3) is 0.368. The number of fused-ring (bicyclic) bond motifs is 6. The van der Waals surface area contributed by atoms with E-state index in [1.807, 2.05) is 17.7 Å².